The Morgan fingerprint density at radius 2 is 2.06 bits per heavy atom. The van der Waals surface area contributed by atoms with E-state index in [1.165, 1.54) is 0 Å². The van der Waals surface area contributed by atoms with Crippen LogP contribution in [0.2, 0.25) is 0 Å². The topological polar surface area (TPSA) is 55.1 Å². The third-order valence-corrected chi connectivity index (χ3v) is 2.42. The predicted octanol–water partition coefficient (Wildman–Crippen LogP) is 2.18. The minimum Gasteiger partial charge on any atom is -0.478 e. The molecule has 0 saturated heterocycles. The quantitative estimate of drug-likeness (QED) is 0.819. The van der Waals surface area contributed by atoms with Crippen molar-refractivity contribution in [1.82, 2.24) is 9.78 Å². The highest BCUT2D eigenvalue weighted by Gasteiger charge is 2.08. The fourth-order valence-corrected chi connectivity index (χ4v) is 1.69. The highest BCUT2D eigenvalue weighted by atomic mass is 16.4. The van der Waals surface area contributed by atoms with Gasteiger partial charge in [0.1, 0.15) is 0 Å². The van der Waals surface area contributed by atoms with Gasteiger partial charge < -0.3 is 5.11 Å². The minimum atomic E-state index is -0.965. The summed E-state index contributed by atoms with van der Waals surface area (Å²) in [5.74, 6) is -0.965. The van der Waals surface area contributed by atoms with Gasteiger partial charge in [-0.25, -0.2) is 4.79 Å². The van der Waals surface area contributed by atoms with Crippen LogP contribution in [0.5, 0.6) is 0 Å². The highest BCUT2D eigenvalue weighted by Crippen LogP contribution is 2.23. The number of rotatable bonds is 3. The largest absolute Gasteiger partial charge is 0.478 e. The monoisotopic (exact) mass is 228 g/mol. The van der Waals surface area contributed by atoms with Crippen molar-refractivity contribution in [2.24, 2.45) is 7.05 Å². The van der Waals surface area contributed by atoms with Gasteiger partial charge in [0.05, 0.1) is 11.9 Å². The number of aryl methyl sites for hydroxylation is 1. The minimum absolute atomic E-state index is 0.793. The van der Waals surface area contributed by atoms with Crippen molar-refractivity contribution >= 4 is 12.0 Å². The van der Waals surface area contributed by atoms with E-state index in [2.05, 4.69) is 5.10 Å². The van der Waals surface area contributed by atoms with Gasteiger partial charge >= 0.3 is 5.97 Å². The molecule has 0 amide bonds. The first-order valence-electron chi connectivity index (χ1n) is 5.17. The van der Waals surface area contributed by atoms with Crippen LogP contribution in [-0.2, 0) is 11.8 Å². The summed E-state index contributed by atoms with van der Waals surface area (Å²) in [6.45, 7) is 0. The molecule has 0 saturated carbocycles. The Hall–Kier alpha value is -2.36. The van der Waals surface area contributed by atoms with Crippen molar-refractivity contribution < 1.29 is 9.90 Å². The van der Waals surface area contributed by atoms with Crippen LogP contribution in [0, 0.1) is 0 Å². The maximum atomic E-state index is 10.5. The van der Waals surface area contributed by atoms with Gasteiger partial charge in [-0.2, -0.15) is 5.10 Å². The van der Waals surface area contributed by atoms with Crippen LogP contribution < -0.4 is 0 Å². The van der Waals surface area contributed by atoms with Crippen molar-refractivity contribution in [3.63, 3.8) is 0 Å². The molecule has 0 radical (unpaired) electrons. The lowest BCUT2D eigenvalue weighted by Crippen LogP contribution is -1.94. The molecule has 1 aromatic carbocycles. The first kappa shape index (κ1) is 11.1. The molecule has 1 heterocycles. The van der Waals surface area contributed by atoms with E-state index in [1.807, 2.05) is 37.4 Å². The number of carboxylic acids is 1. The van der Waals surface area contributed by atoms with Crippen LogP contribution in [0.4, 0.5) is 0 Å². The maximum Gasteiger partial charge on any atom is 0.328 e. The van der Waals surface area contributed by atoms with Gasteiger partial charge in [-0.1, -0.05) is 30.3 Å². The van der Waals surface area contributed by atoms with Gasteiger partial charge in [0.2, 0.25) is 0 Å². The standard InChI is InChI=1S/C13H12N2O2/c1-15-13(10-5-3-2-4-6-10)11(9-14-15)7-8-12(16)17/h2-9H,1H3,(H,16,17). The Labute approximate surface area is 98.8 Å². The zero-order valence-corrected chi connectivity index (χ0v) is 9.37. The normalized spacial score (nSPS) is 10.9. The van der Waals surface area contributed by atoms with Crippen molar-refractivity contribution in [1.29, 1.82) is 0 Å². The van der Waals surface area contributed by atoms with Crippen molar-refractivity contribution in [3.05, 3.63) is 48.2 Å². The van der Waals surface area contributed by atoms with Crippen molar-refractivity contribution in [3.8, 4) is 11.3 Å². The summed E-state index contributed by atoms with van der Waals surface area (Å²) >= 11 is 0. The summed E-state index contributed by atoms with van der Waals surface area (Å²) in [6.07, 6.45) is 4.32. The number of benzene rings is 1. The Balaban J connectivity index is 2.47. The molecule has 0 aliphatic carbocycles. The molecule has 0 aliphatic heterocycles. The summed E-state index contributed by atoms with van der Waals surface area (Å²) < 4.78 is 1.73. The molecule has 4 nitrogen and oxygen atoms in total. The van der Waals surface area contributed by atoms with E-state index in [1.54, 1.807) is 17.0 Å². The van der Waals surface area contributed by atoms with Crippen LogP contribution in [0.3, 0.4) is 0 Å². The molecule has 1 aromatic heterocycles. The molecule has 0 atom stereocenters. The number of aromatic nitrogens is 2. The first-order chi connectivity index (χ1) is 8.18. The number of hydrogen-bond donors (Lipinski definition) is 1. The van der Waals surface area contributed by atoms with E-state index < -0.39 is 5.97 Å². The molecule has 17 heavy (non-hydrogen) atoms. The van der Waals surface area contributed by atoms with Gasteiger partial charge in [0.15, 0.2) is 0 Å². The van der Waals surface area contributed by atoms with E-state index in [0.29, 0.717) is 0 Å². The second-order valence-electron chi connectivity index (χ2n) is 3.61. The van der Waals surface area contributed by atoms with Gasteiger partial charge in [-0.3, -0.25) is 4.68 Å². The molecule has 0 fully saturated rings. The van der Waals surface area contributed by atoms with Crippen LogP contribution in [-0.4, -0.2) is 20.9 Å². The Bertz CT molecular complexity index is 556. The lowest BCUT2D eigenvalue weighted by Gasteiger charge is -2.03. The highest BCUT2D eigenvalue weighted by molar-refractivity contribution is 5.87. The second kappa shape index (κ2) is 4.65. The molecule has 4 heteroatoms. The summed E-state index contributed by atoms with van der Waals surface area (Å²) in [5.41, 5.74) is 2.71. The van der Waals surface area contributed by atoms with Gasteiger partial charge in [0, 0.05) is 24.3 Å². The van der Waals surface area contributed by atoms with Crippen LogP contribution in [0.25, 0.3) is 17.3 Å². The zero-order valence-electron chi connectivity index (χ0n) is 9.37. The molecule has 0 unspecified atom stereocenters. The lowest BCUT2D eigenvalue weighted by atomic mass is 10.1. The average molecular weight is 228 g/mol. The van der Waals surface area contributed by atoms with Crippen molar-refractivity contribution in [2.75, 3.05) is 0 Å². The summed E-state index contributed by atoms with van der Waals surface area (Å²) in [4.78, 5) is 10.5. The molecular formula is C13H12N2O2. The number of carboxylic acid groups (broad SMARTS) is 1. The van der Waals surface area contributed by atoms with Crippen LogP contribution >= 0.6 is 0 Å². The van der Waals surface area contributed by atoms with Crippen LogP contribution in [0.15, 0.2) is 42.6 Å². The second-order valence-corrected chi connectivity index (χ2v) is 3.61. The first-order valence-corrected chi connectivity index (χ1v) is 5.17. The fraction of sp³-hybridized carbons (Fsp3) is 0.0769. The maximum absolute atomic E-state index is 10.5. The van der Waals surface area contributed by atoms with Crippen molar-refractivity contribution in [2.45, 2.75) is 0 Å². The van der Waals surface area contributed by atoms with E-state index >= 15 is 0 Å². The van der Waals surface area contributed by atoms with E-state index in [0.717, 1.165) is 22.9 Å². The lowest BCUT2D eigenvalue weighted by molar-refractivity contribution is -0.131. The summed E-state index contributed by atoms with van der Waals surface area (Å²) in [5, 5.41) is 12.8. The van der Waals surface area contributed by atoms with Gasteiger partial charge in [-0.15, -0.1) is 0 Å². The Kier molecular flexibility index (Phi) is 3.05. The Morgan fingerprint density at radius 1 is 1.35 bits per heavy atom. The summed E-state index contributed by atoms with van der Waals surface area (Å²) in [6, 6.07) is 9.75. The molecular weight excluding hydrogens is 216 g/mol. The molecule has 2 rings (SSSR count). The number of carbonyl (C=O) groups is 1. The average Bonchev–Trinajstić information content (AvgIpc) is 2.69. The third kappa shape index (κ3) is 2.42. The zero-order chi connectivity index (χ0) is 12.3. The summed E-state index contributed by atoms with van der Waals surface area (Å²) in [7, 11) is 1.83. The smallest absolute Gasteiger partial charge is 0.328 e. The van der Waals surface area contributed by atoms with E-state index in [-0.39, 0.29) is 0 Å². The number of aliphatic carboxylic acids is 1. The molecule has 2 aromatic rings. The molecule has 86 valence electrons. The number of nitrogens with zero attached hydrogens (tertiary/aromatic N) is 2. The van der Waals surface area contributed by atoms with Gasteiger partial charge in [0.25, 0.3) is 0 Å². The molecule has 0 bridgehead atoms. The SMILES string of the molecule is Cn1ncc(C=CC(=O)O)c1-c1ccccc1. The fourth-order valence-electron chi connectivity index (χ4n) is 1.69. The molecule has 0 spiro atoms. The number of hydrogen-bond acceptors (Lipinski definition) is 2. The Morgan fingerprint density at radius 3 is 2.71 bits per heavy atom. The molecule has 0 aliphatic rings. The molecule has 1 N–H and O–H groups in total. The van der Waals surface area contributed by atoms with Crippen LogP contribution in [0.1, 0.15) is 5.56 Å². The van der Waals surface area contributed by atoms with Gasteiger partial charge in [-0.05, 0) is 6.08 Å². The predicted molar refractivity (Wildman–Crippen MR) is 65.3 cm³/mol. The van der Waals surface area contributed by atoms with E-state index in [4.69, 9.17) is 5.11 Å². The third-order valence-electron chi connectivity index (χ3n) is 2.42. The van der Waals surface area contributed by atoms with E-state index in [9.17, 15) is 4.79 Å².